The number of hydrogen-bond acceptors (Lipinski definition) is 13. The van der Waals surface area contributed by atoms with Crippen molar-refractivity contribution < 1.29 is 63.9 Å². The van der Waals surface area contributed by atoms with Crippen LogP contribution in [0.4, 0.5) is 0 Å². The normalized spacial score (nSPS) is 39.8. The molecule has 2 heterocycles. The van der Waals surface area contributed by atoms with Crippen LogP contribution in [0.3, 0.4) is 0 Å². The zero-order valence-corrected chi connectivity index (χ0v) is 23.2. The number of rotatable bonds is 10. The summed E-state index contributed by atoms with van der Waals surface area (Å²) in [6, 6.07) is 0. The second-order valence-electron chi connectivity index (χ2n) is 10.7. The standard InChI is InChI=1S/C27H42O13/c1-5-14-16(7-21(31)38-19-6-15(12(2)8-28)17(9-29)13(19)3)18(25(35)36-4)11-37-26(14)40-27-24(34)23(33)22(32)20(10-30)39-27/h5,11-13,15-17,19-20,22-24,26-30,32-34H,6-10H2,1-4H3/b14-5+/t12-,13-,15+,16+,17+,19+,20-,22-,23+,24-,26+,27+/m1/s1. The van der Waals surface area contributed by atoms with E-state index < -0.39 is 67.6 Å². The van der Waals surface area contributed by atoms with E-state index >= 15 is 0 Å². The fourth-order valence-corrected chi connectivity index (χ4v) is 5.88. The molecule has 1 saturated carbocycles. The van der Waals surface area contributed by atoms with E-state index in [4.69, 9.17) is 23.7 Å². The van der Waals surface area contributed by atoms with Gasteiger partial charge in [0.1, 0.15) is 30.5 Å². The average Bonchev–Trinajstić information content (AvgIpc) is 3.26. The lowest BCUT2D eigenvalue weighted by molar-refractivity contribution is -0.327. The highest BCUT2D eigenvalue weighted by atomic mass is 16.8. The summed E-state index contributed by atoms with van der Waals surface area (Å²) in [5.41, 5.74) is 0.344. The summed E-state index contributed by atoms with van der Waals surface area (Å²) in [4.78, 5) is 25.8. The average molecular weight is 575 g/mol. The molecule has 0 aromatic rings. The third-order valence-corrected chi connectivity index (χ3v) is 8.43. The molecule has 13 heteroatoms. The van der Waals surface area contributed by atoms with Gasteiger partial charge in [-0.25, -0.2) is 4.79 Å². The second-order valence-corrected chi connectivity index (χ2v) is 10.7. The van der Waals surface area contributed by atoms with Gasteiger partial charge in [0.2, 0.25) is 6.29 Å². The number of allylic oxidation sites excluding steroid dienone is 1. The van der Waals surface area contributed by atoms with E-state index in [0.29, 0.717) is 12.0 Å². The molecule has 12 atom stereocenters. The van der Waals surface area contributed by atoms with Gasteiger partial charge in [-0.3, -0.25) is 4.79 Å². The van der Waals surface area contributed by atoms with Crippen LogP contribution >= 0.6 is 0 Å². The van der Waals surface area contributed by atoms with Gasteiger partial charge in [0, 0.05) is 24.7 Å². The maximum absolute atomic E-state index is 13.2. The van der Waals surface area contributed by atoms with Crippen molar-refractivity contribution in [3.8, 4) is 0 Å². The third-order valence-electron chi connectivity index (χ3n) is 8.43. The van der Waals surface area contributed by atoms with Crippen LogP contribution in [0.25, 0.3) is 0 Å². The molecule has 40 heavy (non-hydrogen) atoms. The van der Waals surface area contributed by atoms with E-state index in [1.165, 1.54) is 7.11 Å². The first-order valence-electron chi connectivity index (χ1n) is 13.5. The molecule has 0 aromatic heterocycles. The molecule has 0 aromatic carbocycles. The van der Waals surface area contributed by atoms with Crippen molar-refractivity contribution in [2.24, 2.45) is 29.6 Å². The first kappa shape index (κ1) is 32.4. The van der Waals surface area contributed by atoms with E-state index in [0.717, 1.165) is 6.26 Å². The van der Waals surface area contributed by atoms with E-state index in [-0.39, 0.29) is 48.9 Å². The highest BCUT2D eigenvalue weighted by molar-refractivity contribution is 5.90. The Bertz CT molecular complexity index is 933. The largest absolute Gasteiger partial charge is 0.468 e. The molecule has 13 nitrogen and oxygen atoms in total. The van der Waals surface area contributed by atoms with Crippen molar-refractivity contribution in [2.75, 3.05) is 26.9 Å². The molecule has 3 rings (SSSR count). The number of carbonyl (C=O) groups is 2. The smallest absolute Gasteiger partial charge is 0.337 e. The molecule has 0 unspecified atom stereocenters. The van der Waals surface area contributed by atoms with Crippen molar-refractivity contribution in [3.05, 3.63) is 23.5 Å². The Balaban J connectivity index is 1.78. The topological polar surface area (TPSA) is 202 Å². The number of esters is 2. The Kier molecular flexibility index (Phi) is 11.5. The number of carbonyl (C=O) groups excluding carboxylic acids is 2. The Morgan fingerprint density at radius 3 is 2.40 bits per heavy atom. The fourth-order valence-electron chi connectivity index (χ4n) is 5.88. The lowest BCUT2D eigenvalue weighted by Crippen LogP contribution is -2.60. The third kappa shape index (κ3) is 6.68. The maximum atomic E-state index is 13.2. The number of hydrogen-bond donors (Lipinski definition) is 6. The minimum Gasteiger partial charge on any atom is -0.468 e. The molecule has 0 amide bonds. The predicted molar refractivity (Wildman–Crippen MR) is 136 cm³/mol. The van der Waals surface area contributed by atoms with Gasteiger partial charge in [-0.15, -0.1) is 0 Å². The summed E-state index contributed by atoms with van der Waals surface area (Å²) in [7, 11) is 1.18. The molecule has 1 aliphatic carbocycles. The van der Waals surface area contributed by atoms with Crippen LogP contribution in [0.15, 0.2) is 23.5 Å². The molecule has 0 spiro atoms. The lowest BCUT2D eigenvalue weighted by Gasteiger charge is -2.42. The van der Waals surface area contributed by atoms with Crippen LogP contribution < -0.4 is 0 Å². The number of aliphatic hydroxyl groups excluding tert-OH is 6. The first-order chi connectivity index (χ1) is 19.0. The van der Waals surface area contributed by atoms with Gasteiger partial charge >= 0.3 is 11.9 Å². The van der Waals surface area contributed by atoms with Gasteiger partial charge in [-0.2, -0.15) is 0 Å². The summed E-state index contributed by atoms with van der Waals surface area (Å²) in [6.07, 6.45) is -6.58. The van der Waals surface area contributed by atoms with Gasteiger partial charge < -0.3 is 54.3 Å². The van der Waals surface area contributed by atoms with E-state index in [1.807, 2.05) is 13.8 Å². The predicted octanol–water partition coefficient (Wildman–Crippen LogP) is -1.03. The van der Waals surface area contributed by atoms with Gasteiger partial charge in [0.15, 0.2) is 6.29 Å². The molecule has 6 N–H and O–H groups in total. The van der Waals surface area contributed by atoms with Crippen LogP contribution in [0.2, 0.25) is 0 Å². The second kappa shape index (κ2) is 14.2. The van der Waals surface area contributed by atoms with Crippen molar-refractivity contribution in [2.45, 2.75) is 76.7 Å². The maximum Gasteiger partial charge on any atom is 0.337 e. The Labute approximate surface area is 232 Å². The molecule has 2 fully saturated rings. The van der Waals surface area contributed by atoms with Crippen LogP contribution in [-0.2, 0) is 33.3 Å². The lowest BCUT2D eigenvalue weighted by atomic mass is 9.83. The summed E-state index contributed by atoms with van der Waals surface area (Å²) < 4.78 is 27.5. The Morgan fingerprint density at radius 1 is 1.12 bits per heavy atom. The fraction of sp³-hybridized carbons (Fsp3) is 0.778. The molecule has 2 aliphatic heterocycles. The number of aliphatic hydroxyl groups is 6. The quantitative estimate of drug-likeness (QED) is 0.137. The minimum absolute atomic E-state index is 0.0284. The molecular weight excluding hydrogens is 532 g/mol. The van der Waals surface area contributed by atoms with Crippen molar-refractivity contribution in [1.82, 2.24) is 0 Å². The van der Waals surface area contributed by atoms with Gasteiger partial charge in [-0.05, 0) is 37.0 Å². The Morgan fingerprint density at radius 2 is 1.82 bits per heavy atom. The molecule has 3 aliphatic rings. The monoisotopic (exact) mass is 574 g/mol. The molecule has 228 valence electrons. The number of methoxy groups -OCH3 is 1. The zero-order valence-electron chi connectivity index (χ0n) is 23.2. The van der Waals surface area contributed by atoms with Crippen LogP contribution in [-0.4, -0.2) is 113 Å². The van der Waals surface area contributed by atoms with E-state index in [2.05, 4.69) is 0 Å². The minimum atomic E-state index is -1.69. The van der Waals surface area contributed by atoms with Crippen LogP contribution in [0.5, 0.6) is 0 Å². The summed E-state index contributed by atoms with van der Waals surface area (Å²) in [5, 5.41) is 59.5. The van der Waals surface area contributed by atoms with Gasteiger partial charge in [0.25, 0.3) is 0 Å². The van der Waals surface area contributed by atoms with Crippen LogP contribution in [0.1, 0.15) is 33.6 Å². The van der Waals surface area contributed by atoms with E-state index in [1.54, 1.807) is 13.0 Å². The highest BCUT2D eigenvalue weighted by Crippen LogP contribution is 2.43. The van der Waals surface area contributed by atoms with Crippen LogP contribution in [0, 0.1) is 29.6 Å². The highest BCUT2D eigenvalue weighted by Gasteiger charge is 2.48. The number of ether oxygens (including phenoxy) is 5. The Hall–Kier alpha value is -2.10. The molecule has 1 saturated heterocycles. The van der Waals surface area contributed by atoms with Gasteiger partial charge in [-0.1, -0.05) is 19.9 Å². The van der Waals surface area contributed by atoms with Crippen molar-refractivity contribution >= 4 is 11.9 Å². The molecule has 0 bridgehead atoms. The molecule has 0 radical (unpaired) electrons. The van der Waals surface area contributed by atoms with Crippen molar-refractivity contribution in [1.29, 1.82) is 0 Å². The SMILES string of the molecule is C/C=C1/[C@H](O[C@@H]2O[C@H](CO)[C@@H](O)[C@H](O)[C@H]2O)OC=C(C(=O)OC)[C@H]1CC(=O)O[C@H]1C[C@@H]([C@H](C)CO)[C@@H](CO)[C@H]1C. The van der Waals surface area contributed by atoms with Gasteiger partial charge in [0.05, 0.1) is 32.0 Å². The molecular formula is C27H42O13. The summed E-state index contributed by atoms with van der Waals surface area (Å²) in [6.45, 7) is 4.60. The first-order valence-corrected chi connectivity index (χ1v) is 13.5. The van der Waals surface area contributed by atoms with E-state index in [9.17, 15) is 40.2 Å². The van der Waals surface area contributed by atoms with Crippen molar-refractivity contribution in [3.63, 3.8) is 0 Å². The summed E-state index contributed by atoms with van der Waals surface area (Å²) in [5.74, 6) is -2.65. The summed E-state index contributed by atoms with van der Waals surface area (Å²) >= 11 is 0. The zero-order chi connectivity index (χ0) is 29.7.